The van der Waals surface area contributed by atoms with Crippen molar-refractivity contribution in [1.29, 1.82) is 0 Å². The topological polar surface area (TPSA) is 47.6 Å². The molecular weight excluding hydrogens is 146 g/mol. The van der Waals surface area contributed by atoms with Crippen LogP contribution in [-0.2, 0) is 9.47 Å². The highest BCUT2D eigenvalue weighted by molar-refractivity contribution is 5.69. The van der Waals surface area contributed by atoms with Crippen molar-refractivity contribution in [2.45, 2.75) is 20.0 Å². The molecular formula is C7H15NO3. The van der Waals surface area contributed by atoms with Gasteiger partial charge in [0.15, 0.2) is 0 Å². The van der Waals surface area contributed by atoms with Crippen LogP contribution in [-0.4, -0.2) is 32.5 Å². The Balaban J connectivity index is 0.000000461. The number of amides is 1. The fourth-order valence-electron chi connectivity index (χ4n) is 0.711. The molecule has 1 fully saturated rings. The third-order valence-electron chi connectivity index (χ3n) is 1.10. The summed E-state index contributed by atoms with van der Waals surface area (Å²) >= 11 is 0. The normalized spacial score (nSPS) is 21.4. The summed E-state index contributed by atoms with van der Waals surface area (Å²) in [6, 6.07) is 0. The molecule has 1 aliphatic heterocycles. The number of cyclic esters (lactones) is 1. The molecule has 1 amide bonds. The Morgan fingerprint density at radius 1 is 1.73 bits per heavy atom. The molecule has 1 N–H and O–H groups in total. The SMILES string of the molecule is CC.COCC1CNC(=O)O1. The number of hydrogen-bond donors (Lipinski definition) is 1. The van der Waals surface area contributed by atoms with Crippen LogP contribution in [0.5, 0.6) is 0 Å². The highest BCUT2D eigenvalue weighted by Crippen LogP contribution is 1.98. The van der Waals surface area contributed by atoms with E-state index in [4.69, 9.17) is 9.47 Å². The molecule has 1 saturated heterocycles. The van der Waals surface area contributed by atoms with Crippen LogP contribution in [0.25, 0.3) is 0 Å². The van der Waals surface area contributed by atoms with E-state index in [2.05, 4.69) is 5.32 Å². The summed E-state index contributed by atoms with van der Waals surface area (Å²) in [7, 11) is 1.58. The molecule has 1 aliphatic rings. The van der Waals surface area contributed by atoms with E-state index in [0.29, 0.717) is 13.2 Å². The van der Waals surface area contributed by atoms with E-state index in [1.807, 2.05) is 13.8 Å². The van der Waals surface area contributed by atoms with Crippen molar-refractivity contribution >= 4 is 6.09 Å². The van der Waals surface area contributed by atoms with Crippen LogP contribution < -0.4 is 5.32 Å². The minimum absolute atomic E-state index is 0.0949. The second kappa shape index (κ2) is 5.97. The van der Waals surface area contributed by atoms with E-state index in [-0.39, 0.29) is 12.2 Å². The molecule has 1 rings (SSSR count). The van der Waals surface area contributed by atoms with Crippen LogP contribution >= 0.6 is 0 Å². The molecule has 11 heavy (non-hydrogen) atoms. The van der Waals surface area contributed by atoms with Crippen LogP contribution in [0.2, 0.25) is 0 Å². The summed E-state index contributed by atoms with van der Waals surface area (Å²) in [6.45, 7) is 5.03. The molecule has 0 aromatic heterocycles. The van der Waals surface area contributed by atoms with E-state index in [9.17, 15) is 4.79 Å². The van der Waals surface area contributed by atoms with Gasteiger partial charge in [-0.1, -0.05) is 13.8 Å². The van der Waals surface area contributed by atoms with Crippen molar-refractivity contribution in [1.82, 2.24) is 5.32 Å². The van der Waals surface area contributed by atoms with Gasteiger partial charge in [-0.15, -0.1) is 0 Å². The lowest BCUT2D eigenvalue weighted by Gasteiger charge is -2.03. The maximum Gasteiger partial charge on any atom is 0.407 e. The molecule has 1 heterocycles. The van der Waals surface area contributed by atoms with Crippen molar-refractivity contribution in [2.75, 3.05) is 20.3 Å². The molecule has 0 bridgehead atoms. The lowest BCUT2D eigenvalue weighted by Crippen LogP contribution is -2.19. The molecule has 0 aliphatic carbocycles. The number of rotatable bonds is 2. The van der Waals surface area contributed by atoms with E-state index < -0.39 is 0 Å². The summed E-state index contributed by atoms with van der Waals surface area (Å²) in [6.07, 6.45) is -0.445. The van der Waals surface area contributed by atoms with E-state index in [0.717, 1.165) is 0 Å². The second-order valence-corrected chi connectivity index (χ2v) is 1.86. The highest BCUT2D eigenvalue weighted by Gasteiger charge is 2.21. The molecule has 1 atom stereocenters. The lowest BCUT2D eigenvalue weighted by molar-refractivity contribution is 0.0717. The largest absolute Gasteiger partial charge is 0.442 e. The van der Waals surface area contributed by atoms with Crippen molar-refractivity contribution in [2.24, 2.45) is 0 Å². The van der Waals surface area contributed by atoms with Gasteiger partial charge in [0.25, 0.3) is 0 Å². The first-order valence-electron chi connectivity index (χ1n) is 3.76. The first-order valence-corrected chi connectivity index (χ1v) is 3.76. The van der Waals surface area contributed by atoms with E-state index in [1.54, 1.807) is 7.11 Å². The molecule has 0 aromatic carbocycles. The Bertz CT molecular complexity index is 116. The minimum atomic E-state index is -0.350. The van der Waals surface area contributed by atoms with Gasteiger partial charge < -0.3 is 14.8 Å². The van der Waals surface area contributed by atoms with E-state index >= 15 is 0 Å². The maximum atomic E-state index is 10.3. The van der Waals surface area contributed by atoms with Gasteiger partial charge in [-0.3, -0.25) is 0 Å². The Kier molecular flexibility index (Phi) is 5.56. The standard InChI is InChI=1S/C5H9NO3.C2H6/c1-8-3-4-2-6-5(7)9-4;1-2/h4H,2-3H2,1H3,(H,6,7);1-2H3. The molecule has 66 valence electrons. The number of hydrogen-bond acceptors (Lipinski definition) is 3. The number of carbonyl (C=O) groups excluding carboxylic acids is 1. The number of alkyl carbamates (subject to hydrolysis) is 1. The second-order valence-electron chi connectivity index (χ2n) is 1.86. The predicted octanol–water partition coefficient (Wildman–Crippen LogP) is 0.767. The molecule has 0 saturated carbocycles. The summed E-state index contributed by atoms with van der Waals surface area (Å²) in [5.41, 5.74) is 0. The van der Waals surface area contributed by atoms with Crippen molar-refractivity contribution < 1.29 is 14.3 Å². The molecule has 4 nitrogen and oxygen atoms in total. The Labute approximate surface area is 66.9 Å². The van der Waals surface area contributed by atoms with Crippen molar-refractivity contribution in [3.05, 3.63) is 0 Å². The van der Waals surface area contributed by atoms with Gasteiger partial charge >= 0.3 is 6.09 Å². The van der Waals surface area contributed by atoms with E-state index in [1.165, 1.54) is 0 Å². The van der Waals surface area contributed by atoms with Crippen molar-refractivity contribution in [3.63, 3.8) is 0 Å². The lowest BCUT2D eigenvalue weighted by atomic mass is 10.4. The molecule has 0 spiro atoms. The zero-order chi connectivity index (χ0) is 8.69. The Morgan fingerprint density at radius 2 is 2.36 bits per heavy atom. The Morgan fingerprint density at radius 3 is 2.73 bits per heavy atom. The maximum absolute atomic E-state index is 10.3. The third-order valence-corrected chi connectivity index (χ3v) is 1.10. The van der Waals surface area contributed by atoms with Gasteiger partial charge in [0.2, 0.25) is 0 Å². The predicted molar refractivity (Wildman–Crippen MR) is 41.5 cm³/mol. The quantitative estimate of drug-likeness (QED) is 0.650. The summed E-state index contributed by atoms with van der Waals surface area (Å²) in [5, 5.41) is 2.51. The summed E-state index contributed by atoms with van der Waals surface area (Å²) < 4.78 is 9.48. The van der Waals surface area contributed by atoms with Gasteiger partial charge in [-0.25, -0.2) is 4.79 Å². The van der Waals surface area contributed by atoms with Gasteiger partial charge in [0, 0.05) is 7.11 Å². The Hall–Kier alpha value is -0.770. The molecule has 0 aromatic rings. The van der Waals surface area contributed by atoms with Crippen LogP contribution in [0.4, 0.5) is 4.79 Å². The smallest absolute Gasteiger partial charge is 0.407 e. The van der Waals surface area contributed by atoms with Gasteiger partial charge in [0.1, 0.15) is 6.10 Å². The van der Waals surface area contributed by atoms with Gasteiger partial charge in [0.05, 0.1) is 13.2 Å². The average molecular weight is 161 g/mol. The first-order chi connectivity index (χ1) is 5.33. The van der Waals surface area contributed by atoms with Gasteiger partial charge in [-0.05, 0) is 0 Å². The van der Waals surface area contributed by atoms with Crippen LogP contribution in [0.1, 0.15) is 13.8 Å². The zero-order valence-electron chi connectivity index (χ0n) is 7.22. The number of carbonyl (C=O) groups is 1. The molecule has 4 heteroatoms. The highest BCUT2D eigenvalue weighted by atomic mass is 16.6. The summed E-state index contributed by atoms with van der Waals surface area (Å²) in [4.78, 5) is 10.3. The van der Waals surface area contributed by atoms with Gasteiger partial charge in [-0.2, -0.15) is 0 Å². The monoisotopic (exact) mass is 161 g/mol. The molecule has 0 radical (unpaired) electrons. The minimum Gasteiger partial charge on any atom is -0.442 e. The third kappa shape index (κ3) is 3.83. The number of ether oxygens (including phenoxy) is 2. The fourth-order valence-corrected chi connectivity index (χ4v) is 0.711. The number of nitrogens with one attached hydrogen (secondary N) is 1. The molecule has 1 unspecified atom stereocenters. The first kappa shape index (κ1) is 10.2. The van der Waals surface area contributed by atoms with Crippen LogP contribution in [0.15, 0.2) is 0 Å². The fraction of sp³-hybridized carbons (Fsp3) is 0.857. The van der Waals surface area contributed by atoms with Crippen LogP contribution in [0, 0.1) is 0 Å². The van der Waals surface area contributed by atoms with Crippen LogP contribution in [0.3, 0.4) is 0 Å². The average Bonchev–Trinajstić information content (AvgIpc) is 2.41. The number of methoxy groups -OCH3 is 1. The zero-order valence-corrected chi connectivity index (χ0v) is 7.22. The summed E-state index contributed by atoms with van der Waals surface area (Å²) in [5.74, 6) is 0. The van der Waals surface area contributed by atoms with Crippen molar-refractivity contribution in [3.8, 4) is 0 Å².